The SMILES string of the molecule is COC(=O)NCC(NC(=O)[C@@H](C)Cc1nc(C)cs1)C(=O)N[C@@H](CC(C)C)[C@H](O)C[C@@H](C)C(=O)N[C@H](C(=O)NCC(C)C)C(C)C. The van der Waals surface area contributed by atoms with Crippen molar-refractivity contribution in [3.05, 3.63) is 16.1 Å². The van der Waals surface area contributed by atoms with E-state index in [4.69, 9.17) is 0 Å². The minimum absolute atomic E-state index is 0.0175. The molecule has 0 spiro atoms. The van der Waals surface area contributed by atoms with E-state index < -0.39 is 54.0 Å². The summed E-state index contributed by atoms with van der Waals surface area (Å²) in [6.07, 6.45) is -1.09. The van der Waals surface area contributed by atoms with Crippen molar-refractivity contribution in [3.8, 4) is 0 Å². The van der Waals surface area contributed by atoms with Crippen LogP contribution in [0.4, 0.5) is 4.79 Å². The number of carbonyl (C=O) groups excluding carboxylic acids is 5. The van der Waals surface area contributed by atoms with Gasteiger partial charge >= 0.3 is 6.09 Å². The molecule has 1 aromatic heterocycles. The maximum absolute atomic E-state index is 13.5. The Hall–Kier alpha value is -3.26. The lowest BCUT2D eigenvalue weighted by atomic mass is 9.91. The number of amides is 5. The molecular weight excluding hydrogens is 612 g/mol. The summed E-state index contributed by atoms with van der Waals surface area (Å²) in [5.74, 6) is -2.65. The Morgan fingerprint density at radius 3 is 1.96 bits per heavy atom. The van der Waals surface area contributed by atoms with E-state index in [1.807, 2.05) is 53.8 Å². The molecule has 0 radical (unpaired) electrons. The number of nitrogens with zero attached hydrogens (tertiary/aromatic N) is 1. The number of alkyl carbamates (subject to hydrolysis) is 1. The number of ether oxygens (including phenoxy) is 1. The minimum Gasteiger partial charge on any atom is -0.453 e. The van der Waals surface area contributed by atoms with Gasteiger partial charge in [-0.15, -0.1) is 11.3 Å². The van der Waals surface area contributed by atoms with Crippen LogP contribution in [0.3, 0.4) is 0 Å². The first kappa shape index (κ1) is 40.8. The monoisotopic (exact) mass is 668 g/mol. The third kappa shape index (κ3) is 14.9. The summed E-state index contributed by atoms with van der Waals surface area (Å²) in [5.41, 5.74) is 0.862. The number of aliphatic hydroxyl groups excluding tert-OH is 1. The Morgan fingerprint density at radius 1 is 0.804 bits per heavy atom. The van der Waals surface area contributed by atoms with E-state index in [9.17, 15) is 29.1 Å². The summed E-state index contributed by atoms with van der Waals surface area (Å²) in [4.78, 5) is 68.6. The molecule has 0 aliphatic rings. The molecule has 0 fully saturated rings. The summed E-state index contributed by atoms with van der Waals surface area (Å²) in [6, 6.07) is -2.65. The highest BCUT2D eigenvalue weighted by molar-refractivity contribution is 7.09. The second-order valence-electron chi connectivity index (χ2n) is 13.2. The van der Waals surface area contributed by atoms with Crippen molar-refractivity contribution in [3.63, 3.8) is 0 Å². The van der Waals surface area contributed by atoms with E-state index >= 15 is 0 Å². The summed E-state index contributed by atoms with van der Waals surface area (Å²) < 4.78 is 4.63. The zero-order valence-corrected chi connectivity index (χ0v) is 29.9. The van der Waals surface area contributed by atoms with Crippen LogP contribution in [0.1, 0.15) is 78.9 Å². The molecule has 1 aromatic rings. The quantitative estimate of drug-likeness (QED) is 0.130. The van der Waals surface area contributed by atoms with E-state index in [1.165, 1.54) is 18.4 Å². The van der Waals surface area contributed by atoms with Gasteiger partial charge in [0.05, 0.1) is 30.8 Å². The zero-order chi connectivity index (χ0) is 35.1. The number of thiazole rings is 1. The van der Waals surface area contributed by atoms with Gasteiger partial charge in [0.15, 0.2) is 0 Å². The number of aromatic nitrogens is 1. The largest absolute Gasteiger partial charge is 0.453 e. The number of methoxy groups -OCH3 is 1. The lowest BCUT2D eigenvalue weighted by Crippen LogP contribution is -2.57. The van der Waals surface area contributed by atoms with Crippen LogP contribution in [0, 0.1) is 36.5 Å². The van der Waals surface area contributed by atoms with Gasteiger partial charge in [0, 0.05) is 35.9 Å². The molecular formula is C32H56N6O7S. The molecule has 6 atom stereocenters. The lowest BCUT2D eigenvalue weighted by molar-refractivity contribution is -0.133. The van der Waals surface area contributed by atoms with Crippen LogP contribution in [-0.2, 0) is 30.3 Å². The van der Waals surface area contributed by atoms with Crippen LogP contribution in [0.5, 0.6) is 0 Å². The molecule has 1 unspecified atom stereocenters. The molecule has 46 heavy (non-hydrogen) atoms. The second kappa shape index (κ2) is 20.1. The van der Waals surface area contributed by atoms with Crippen LogP contribution < -0.4 is 26.6 Å². The smallest absolute Gasteiger partial charge is 0.406 e. The molecule has 0 aromatic carbocycles. The van der Waals surface area contributed by atoms with Crippen LogP contribution in [0.15, 0.2) is 5.38 Å². The third-order valence-electron chi connectivity index (χ3n) is 7.36. The topological polar surface area (TPSA) is 188 Å². The van der Waals surface area contributed by atoms with Gasteiger partial charge in [-0.05, 0) is 37.5 Å². The standard InChI is InChI=1S/C32H56N6O7S/c1-17(2)11-23(25(39)12-20(7)29(41)38-27(19(5)6)31(43)33-14-18(3)4)36-30(42)24(15-34-32(44)45-10)37-28(40)21(8)13-26-35-22(9)16-46-26/h16-21,23-25,27,39H,11-15H2,1-10H3,(H,33,43)(H,34,44)(H,36,42)(H,37,40)(H,38,41)/t20-,21+,23+,24?,25-,27+/m1/s1. The van der Waals surface area contributed by atoms with Gasteiger partial charge in [-0.2, -0.15) is 0 Å². The Morgan fingerprint density at radius 2 is 1.43 bits per heavy atom. The number of aliphatic hydroxyl groups is 1. The summed E-state index contributed by atoms with van der Waals surface area (Å²) in [6.45, 7) is 17.0. The van der Waals surface area contributed by atoms with Crippen LogP contribution in [-0.4, -0.2) is 84.2 Å². The molecule has 0 aliphatic heterocycles. The summed E-state index contributed by atoms with van der Waals surface area (Å²) in [7, 11) is 1.19. The first-order valence-corrected chi connectivity index (χ1v) is 16.9. The first-order valence-electron chi connectivity index (χ1n) is 16.0. The van der Waals surface area contributed by atoms with Gasteiger partial charge in [0.25, 0.3) is 0 Å². The van der Waals surface area contributed by atoms with Crippen LogP contribution >= 0.6 is 11.3 Å². The predicted octanol–water partition coefficient (Wildman–Crippen LogP) is 2.30. The molecule has 5 amide bonds. The number of rotatable bonds is 19. The number of hydrogen-bond donors (Lipinski definition) is 6. The highest BCUT2D eigenvalue weighted by atomic mass is 32.1. The van der Waals surface area contributed by atoms with Crippen molar-refractivity contribution >= 4 is 41.1 Å². The molecule has 0 aliphatic carbocycles. The molecule has 262 valence electrons. The average molecular weight is 669 g/mol. The Kier molecular flexibility index (Phi) is 17.8. The Balaban J connectivity index is 3.00. The van der Waals surface area contributed by atoms with Crippen molar-refractivity contribution in [1.82, 2.24) is 31.6 Å². The molecule has 14 heteroatoms. The third-order valence-corrected chi connectivity index (χ3v) is 8.34. The predicted molar refractivity (Wildman–Crippen MR) is 178 cm³/mol. The number of nitrogens with one attached hydrogen (secondary N) is 5. The number of carbonyl (C=O) groups is 5. The highest BCUT2D eigenvalue weighted by Gasteiger charge is 2.32. The summed E-state index contributed by atoms with van der Waals surface area (Å²) in [5, 5.41) is 27.6. The fraction of sp³-hybridized carbons (Fsp3) is 0.750. The fourth-order valence-electron chi connectivity index (χ4n) is 4.61. The van der Waals surface area contributed by atoms with E-state index in [2.05, 4.69) is 36.3 Å². The molecule has 1 heterocycles. The lowest BCUT2D eigenvalue weighted by Gasteiger charge is -2.30. The summed E-state index contributed by atoms with van der Waals surface area (Å²) >= 11 is 1.45. The maximum Gasteiger partial charge on any atom is 0.406 e. The van der Waals surface area contributed by atoms with E-state index in [1.54, 1.807) is 13.8 Å². The molecule has 0 bridgehead atoms. The highest BCUT2D eigenvalue weighted by Crippen LogP contribution is 2.17. The van der Waals surface area contributed by atoms with Gasteiger partial charge in [-0.3, -0.25) is 19.2 Å². The van der Waals surface area contributed by atoms with Gasteiger partial charge in [0.2, 0.25) is 23.6 Å². The molecule has 1 rings (SSSR count). The van der Waals surface area contributed by atoms with Crippen molar-refractivity contribution in [2.75, 3.05) is 20.2 Å². The minimum atomic E-state index is -1.16. The average Bonchev–Trinajstić information content (AvgIpc) is 3.39. The number of aryl methyl sites for hydroxylation is 1. The van der Waals surface area contributed by atoms with Gasteiger partial charge in [-0.1, -0.05) is 55.4 Å². The van der Waals surface area contributed by atoms with Crippen molar-refractivity contribution in [1.29, 1.82) is 0 Å². The normalized spacial score (nSPS) is 15.3. The Labute approximate surface area is 277 Å². The molecule has 13 nitrogen and oxygen atoms in total. The van der Waals surface area contributed by atoms with Gasteiger partial charge in [-0.25, -0.2) is 9.78 Å². The van der Waals surface area contributed by atoms with E-state index in [0.717, 1.165) is 10.7 Å². The van der Waals surface area contributed by atoms with E-state index in [-0.39, 0.29) is 42.5 Å². The molecule has 0 saturated carbocycles. The first-order chi connectivity index (χ1) is 21.4. The van der Waals surface area contributed by atoms with Crippen molar-refractivity contribution in [2.45, 2.75) is 106 Å². The zero-order valence-electron chi connectivity index (χ0n) is 29.1. The van der Waals surface area contributed by atoms with Gasteiger partial charge < -0.3 is 36.4 Å². The maximum atomic E-state index is 13.5. The second-order valence-corrected chi connectivity index (χ2v) is 14.2. The number of hydrogen-bond acceptors (Lipinski definition) is 9. The van der Waals surface area contributed by atoms with E-state index in [0.29, 0.717) is 19.4 Å². The van der Waals surface area contributed by atoms with Crippen molar-refractivity contribution in [2.24, 2.45) is 29.6 Å². The fourth-order valence-corrected chi connectivity index (χ4v) is 5.52. The molecule has 0 saturated heterocycles. The van der Waals surface area contributed by atoms with Crippen LogP contribution in [0.2, 0.25) is 0 Å². The molecule has 6 N–H and O–H groups in total. The van der Waals surface area contributed by atoms with Crippen molar-refractivity contribution < 1.29 is 33.8 Å². The van der Waals surface area contributed by atoms with Crippen LogP contribution in [0.25, 0.3) is 0 Å². The Bertz CT molecular complexity index is 1140. The van der Waals surface area contributed by atoms with Gasteiger partial charge in [0.1, 0.15) is 12.1 Å².